The van der Waals surface area contributed by atoms with Gasteiger partial charge in [0.2, 0.25) is 0 Å². The van der Waals surface area contributed by atoms with Gasteiger partial charge in [-0.3, -0.25) is 4.99 Å². The summed E-state index contributed by atoms with van der Waals surface area (Å²) in [5, 5.41) is 0. The fourth-order valence-corrected chi connectivity index (χ4v) is 2.31. The molecule has 0 spiro atoms. The maximum Gasteiger partial charge on any atom is 0.104 e. The predicted octanol–water partition coefficient (Wildman–Crippen LogP) is 3.51. The number of hydrogen-bond acceptors (Lipinski definition) is 1. The van der Waals surface area contributed by atoms with Gasteiger partial charge in [-0.2, -0.15) is 0 Å². The lowest BCUT2D eigenvalue weighted by atomic mass is 9.75. The third kappa shape index (κ3) is 2.87. The van der Waals surface area contributed by atoms with Crippen LogP contribution in [-0.4, -0.2) is 12.4 Å². The summed E-state index contributed by atoms with van der Waals surface area (Å²) in [6.07, 6.45) is 3.03. The number of amidine groups is 1. The molecule has 0 radical (unpaired) electrons. The minimum atomic E-state index is -0.0869. The minimum absolute atomic E-state index is 0.0869. The minimum Gasteiger partial charge on any atom is -0.387 e. The second-order valence-corrected chi connectivity index (χ2v) is 4.42. The van der Waals surface area contributed by atoms with Gasteiger partial charge in [-0.05, 0) is 24.8 Å². The molecule has 0 saturated carbocycles. The SMILES string of the molecule is CCCN=C(N)C(CC)(CC)c1ccccc1. The van der Waals surface area contributed by atoms with Crippen LogP contribution >= 0.6 is 0 Å². The van der Waals surface area contributed by atoms with Gasteiger partial charge in [0.1, 0.15) is 5.84 Å². The van der Waals surface area contributed by atoms with E-state index in [0.717, 1.165) is 31.6 Å². The molecule has 0 heterocycles. The van der Waals surface area contributed by atoms with Crippen LogP contribution < -0.4 is 5.73 Å². The van der Waals surface area contributed by atoms with Gasteiger partial charge >= 0.3 is 0 Å². The van der Waals surface area contributed by atoms with E-state index in [4.69, 9.17) is 5.73 Å². The van der Waals surface area contributed by atoms with Crippen LogP contribution in [0.25, 0.3) is 0 Å². The monoisotopic (exact) mass is 232 g/mol. The van der Waals surface area contributed by atoms with E-state index < -0.39 is 0 Å². The van der Waals surface area contributed by atoms with Crippen molar-refractivity contribution in [2.24, 2.45) is 10.7 Å². The van der Waals surface area contributed by atoms with Gasteiger partial charge in [-0.15, -0.1) is 0 Å². The molecule has 17 heavy (non-hydrogen) atoms. The first-order chi connectivity index (χ1) is 8.21. The third-order valence-electron chi connectivity index (χ3n) is 3.53. The molecule has 0 saturated heterocycles. The zero-order valence-electron chi connectivity index (χ0n) is 11.2. The average molecular weight is 232 g/mol. The summed E-state index contributed by atoms with van der Waals surface area (Å²) in [6, 6.07) is 10.5. The summed E-state index contributed by atoms with van der Waals surface area (Å²) in [6.45, 7) is 7.31. The Labute approximate surface area is 105 Å². The van der Waals surface area contributed by atoms with Crippen molar-refractivity contribution in [2.45, 2.75) is 45.4 Å². The Hall–Kier alpha value is -1.31. The summed E-state index contributed by atoms with van der Waals surface area (Å²) in [5.74, 6) is 0.788. The van der Waals surface area contributed by atoms with E-state index in [9.17, 15) is 0 Å². The Morgan fingerprint density at radius 3 is 2.18 bits per heavy atom. The van der Waals surface area contributed by atoms with Crippen molar-refractivity contribution in [3.63, 3.8) is 0 Å². The molecule has 0 atom stereocenters. The molecule has 0 aromatic heterocycles. The van der Waals surface area contributed by atoms with Crippen LogP contribution in [0.2, 0.25) is 0 Å². The molecule has 0 aliphatic rings. The Kier molecular flexibility index (Phi) is 5.20. The maximum atomic E-state index is 6.24. The van der Waals surface area contributed by atoms with Crippen molar-refractivity contribution < 1.29 is 0 Å². The molecule has 0 fully saturated rings. The first kappa shape index (κ1) is 13.8. The Bertz CT molecular complexity index is 350. The Balaban J connectivity index is 3.13. The van der Waals surface area contributed by atoms with Gasteiger partial charge in [0, 0.05) is 6.54 Å². The molecule has 0 amide bonds. The van der Waals surface area contributed by atoms with Crippen molar-refractivity contribution in [1.29, 1.82) is 0 Å². The van der Waals surface area contributed by atoms with Crippen LogP contribution in [0, 0.1) is 0 Å². The lowest BCUT2D eigenvalue weighted by Gasteiger charge is -2.32. The van der Waals surface area contributed by atoms with Gasteiger partial charge in [-0.25, -0.2) is 0 Å². The summed E-state index contributed by atoms with van der Waals surface area (Å²) in [4.78, 5) is 4.53. The molecule has 1 aromatic carbocycles. The van der Waals surface area contributed by atoms with Gasteiger partial charge < -0.3 is 5.73 Å². The summed E-state index contributed by atoms with van der Waals surface area (Å²) < 4.78 is 0. The lowest BCUT2D eigenvalue weighted by Crippen LogP contribution is -2.40. The molecule has 1 rings (SSSR count). The fourth-order valence-electron chi connectivity index (χ4n) is 2.31. The second kappa shape index (κ2) is 6.43. The smallest absolute Gasteiger partial charge is 0.104 e. The van der Waals surface area contributed by atoms with Gasteiger partial charge in [-0.1, -0.05) is 51.1 Å². The normalized spacial score (nSPS) is 12.8. The quantitative estimate of drug-likeness (QED) is 0.591. The Morgan fingerprint density at radius 2 is 1.71 bits per heavy atom. The highest BCUT2D eigenvalue weighted by Gasteiger charge is 2.32. The number of benzene rings is 1. The van der Waals surface area contributed by atoms with Crippen molar-refractivity contribution in [1.82, 2.24) is 0 Å². The van der Waals surface area contributed by atoms with Crippen LogP contribution in [0.1, 0.15) is 45.6 Å². The molecule has 2 nitrogen and oxygen atoms in total. The third-order valence-corrected chi connectivity index (χ3v) is 3.53. The number of nitrogens with zero attached hydrogens (tertiary/aromatic N) is 1. The van der Waals surface area contributed by atoms with Crippen LogP contribution in [0.15, 0.2) is 35.3 Å². The number of nitrogens with two attached hydrogens (primary N) is 1. The lowest BCUT2D eigenvalue weighted by molar-refractivity contribution is 0.527. The molecule has 2 N–H and O–H groups in total. The van der Waals surface area contributed by atoms with E-state index in [1.807, 2.05) is 6.07 Å². The highest BCUT2D eigenvalue weighted by atomic mass is 14.9. The topological polar surface area (TPSA) is 38.4 Å². The molecular formula is C15H24N2. The standard InChI is InChI=1S/C15H24N2/c1-4-12-17-14(16)15(5-2,6-3)13-10-8-7-9-11-13/h7-11H,4-6,12H2,1-3H3,(H2,16,17). The van der Waals surface area contributed by atoms with Crippen LogP contribution in [0.3, 0.4) is 0 Å². The molecule has 1 aromatic rings. The van der Waals surface area contributed by atoms with Crippen molar-refractivity contribution in [3.05, 3.63) is 35.9 Å². The van der Waals surface area contributed by atoms with Crippen LogP contribution in [-0.2, 0) is 5.41 Å². The second-order valence-electron chi connectivity index (χ2n) is 4.42. The molecule has 0 bridgehead atoms. The van der Waals surface area contributed by atoms with E-state index in [1.54, 1.807) is 0 Å². The van der Waals surface area contributed by atoms with Crippen molar-refractivity contribution in [3.8, 4) is 0 Å². The van der Waals surface area contributed by atoms with Gasteiger partial charge in [0.05, 0.1) is 5.41 Å². The largest absolute Gasteiger partial charge is 0.387 e. The number of rotatable bonds is 6. The number of hydrogen-bond donors (Lipinski definition) is 1. The average Bonchev–Trinajstić information content (AvgIpc) is 2.39. The molecule has 2 heteroatoms. The van der Waals surface area contributed by atoms with Crippen molar-refractivity contribution >= 4 is 5.84 Å². The van der Waals surface area contributed by atoms with Gasteiger partial charge in [0.25, 0.3) is 0 Å². The van der Waals surface area contributed by atoms with E-state index >= 15 is 0 Å². The van der Waals surface area contributed by atoms with E-state index in [0.29, 0.717) is 0 Å². The molecule has 0 aliphatic heterocycles. The van der Waals surface area contributed by atoms with Crippen LogP contribution in [0.5, 0.6) is 0 Å². The molecular weight excluding hydrogens is 208 g/mol. The molecule has 94 valence electrons. The highest BCUT2D eigenvalue weighted by Crippen LogP contribution is 2.31. The zero-order chi connectivity index (χ0) is 12.7. The predicted molar refractivity (Wildman–Crippen MR) is 75.5 cm³/mol. The first-order valence-electron chi connectivity index (χ1n) is 6.57. The fraction of sp³-hybridized carbons (Fsp3) is 0.533. The summed E-state index contributed by atoms with van der Waals surface area (Å²) >= 11 is 0. The molecule has 0 unspecified atom stereocenters. The Morgan fingerprint density at radius 1 is 1.12 bits per heavy atom. The van der Waals surface area contributed by atoms with E-state index in [1.165, 1.54) is 5.56 Å². The maximum absolute atomic E-state index is 6.24. The number of aliphatic imine (C=N–C) groups is 1. The zero-order valence-corrected chi connectivity index (χ0v) is 11.2. The van der Waals surface area contributed by atoms with E-state index in [2.05, 4.69) is 50.0 Å². The van der Waals surface area contributed by atoms with Crippen LogP contribution in [0.4, 0.5) is 0 Å². The van der Waals surface area contributed by atoms with E-state index in [-0.39, 0.29) is 5.41 Å². The summed E-state index contributed by atoms with van der Waals surface area (Å²) in [7, 11) is 0. The van der Waals surface area contributed by atoms with Crippen molar-refractivity contribution in [2.75, 3.05) is 6.54 Å². The highest BCUT2D eigenvalue weighted by molar-refractivity contribution is 5.91. The first-order valence-corrected chi connectivity index (χ1v) is 6.57. The molecule has 0 aliphatic carbocycles. The summed E-state index contributed by atoms with van der Waals surface area (Å²) in [5.41, 5.74) is 7.44. The van der Waals surface area contributed by atoms with Gasteiger partial charge in [0.15, 0.2) is 0 Å².